The highest BCUT2D eigenvalue weighted by molar-refractivity contribution is 5.80. The molecule has 0 bridgehead atoms. The van der Waals surface area contributed by atoms with E-state index < -0.39 is 6.10 Å². The Kier molecular flexibility index (Phi) is 3.90. The maximum atomic E-state index is 11.8. The van der Waals surface area contributed by atoms with Crippen molar-refractivity contribution < 1.29 is 9.53 Å². The molecular weight excluding hydrogens is 226 g/mol. The summed E-state index contributed by atoms with van der Waals surface area (Å²) in [4.78, 5) is 13.4. The minimum Gasteiger partial charge on any atom is -0.481 e. The first kappa shape index (κ1) is 12.9. The van der Waals surface area contributed by atoms with Crippen molar-refractivity contribution in [1.29, 1.82) is 0 Å². The van der Waals surface area contributed by atoms with E-state index in [1.807, 2.05) is 19.1 Å². The lowest BCUT2D eigenvalue weighted by Crippen LogP contribution is -2.35. The Labute approximate surface area is 109 Å². The number of hydrogen-bond donors (Lipinski definition) is 0. The van der Waals surface area contributed by atoms with E-state index in [1.54, 1.807) is 19.0 Å². The van der Waals surface area contributed by atoms with E-state index in [2.05, 4.69) is 6.07 Å². The molecule has 0 saturated carbocycles. The number of carbonyl (C=O) groups excluding carboxylic acids is 1. The molecule has 0 spiro atoms. The summed E-state index contributed by atoms with van der Waals surface area (Å²) in [6.45, 7) is 1.81. The van der Waals surface area contributed by atoms with Crippen molar-refractivity contribution in [2.75, 3.05) is 14.1 Å². The highest BCUT2D eigenvalue weighted by atomic mass is 16.5. The molecule has 0 radical (unpaired) electrons. The molecule has 0 fully saturated rings. The van der Waals surface area contributed by atoms with Gasteiger partial charge in [-0.1, -0.05) is 12.1 Å². The summed E-state index contributed by atoms with van der Waals surface area (Å²) < 4.78 is 5.84. The van der Waals surface area contributed by atoms with E-state index in [9.17, 15) is 4.79 Å². The van der Waals surface area contributed by atoms with Crippen LogP contribution in [0.15, 0.2) is 18.2 Å². The van der Waals surface area contributed by atoms with Gasteiger partial charge in [-0.2, -0.15) is 0 Å². The predicted molar refractivity (Wildman–Crippen MR) is 71.9 cm³/mol. The van der Waals surface area contributed by atoms with E-state index in [1.165, 1.54) is 24.0 Å². The molecular formula is C15H21NO2. The van der Waals surface area contributed by atoms with Crippen LogP contribution in [0, 0.1) is 0 Å². The highest BCUT2D eigenvalue weighted by Crippen LogP contribution is 2.30. The van der Waals surface area contributed by atoms with Gasteiger partial charge in [-0.05, 0) is 49.8 Å². The number of amides is 1. The normalized spacial score (nSPS) is 15.7. The SMILES string of the molecule is C[C@@H](Oc1cccc2c1CCCC2)C(=O)N(C)C. The second-order valence-corrected chi connectivity index (χ2v) is 5.09. The van der Waals surface area contributed by atoms with Crippen LogP contribution in [0.2, 0.25) is 0 Å². The summed E-state index contributed by atoms with van der Waals surface area (Å²) in [5.41, 5.74) is 2.67. The Bertz CT molecular complexity index is 440. The number of hydrogen-bond acceptors (Lipinski definition) is 2. The van der Waals surface area contributed by atoms with Gasteiger partial charge in [0.15, 0.2) is 6.10 Å². The van der Waals surface area contributed by atoms with Crippen molar-refractivity contribution in [2.45, 2.75) is 38.7 Å². The third kappa shape index (κ3) is 2.66. The second-order valence-electron chi connectivity index (χ2n) is 5.09. The average Bonchev–Trinajstić information content (AvgIpc) is 2.38. The van der Waals surface area contributed by atoms with Crippen molar-refractivity contribution >= 4 is 5.91 Å². The maximum Gasteiger partial charge on any atom is 0.262 e. The quantitative estimate of drug-likeness (QED) is 0.821. The number of ether oxygens (including phenoxy) is 1. The topological polar surface area (TPSA) is 29.5 Å². The van der Waals surface area contributed by atoms with Gasteiger partial charge in [-0.3, -0.25) is 4.79 Å². The molecule has 3 nitrogen and oxygen atoms in total. The highest BCUT2D eigenvalue weighted by Gasteiger charge is 2.20. The standard InChI is InChI=1S/C15H21NO2/c1-11(15(17)16(2)3)18-14-10-6-8-12-7-4-5-9-13(12)14/h6,8,10-11H,4-5,7,9H2,1-3H3/t11-/m1/s1. The lowest BCUT2D eigenvalue weighted by Gasteiger charge is -2.23. The van der Waals surface area contributed by atoms with Gasteiger partial charge in [0.1, 0.15) is 5.75 Å². The number of rotatable bonds is 3. The predicted octanol–water partition coefficient (Wildman–Crippen LogP) is 2.42. The van der Waals surface area contributed by atoms with Crippen LogP contribution in [0.1, 0.15) is 30.9 Å². The lowest BCUT2D eigenvalue weighted by molar-refractivity contribution is -0.135. The lowest BCUT2D eigenvalue weighted by atomic mass is 9.91. The van der Waals surface area contributed by atoms with Crippen molar-refractivity contribution in [3.63, 3.8) is 0 Å². The van der Waals surface area contributed by atoms with Crippen LogP contribution in [0.3, 0.4) is 0 Å². The van der Waals surface area contributed by atoms with Gasteiger partial charge in [0, 0.05) is 14.1 Å². The molecule has 18 heavy (non-hydrogen) atoms. The van der Waals surface area contributed by atoms with Crippen LogP contribution >= 0.6 is 0 Å². The molecule has 0 heterocycles. The number of benzene rings is 1. The molecule has 0 aromatic heterocycles. The first-order valence-corrected chi connectivity index (χ1v) is 6.58. The summed E-state index contributed by atoms with van der Waals surface area (Å²) in [6, 6.07) is 6.16. The molecule has 1 atom stereocenters. The molecule has 98 valence electrons. The molecule has 1 aromatic carbocycles. The van der Waals surface area contributed by atoms with Gasteiger partial charge >= 0.3 is 0 Å². The Morgan fingerprint density at radius 2 is 2.00 bits per heavy atom. The van der Waals surface area contributed by atoms with E-state index >= 15 is 0 Å². The molecule has 1 aliphatic carbocycles. The summed E-state index contributed by atoms with van der Waals surface area (Å²) in [5.74, 6) is 0.887. The summed E-state index contributed by atoms with van der Waals surface area (Å²) in [7, 11) is 3.51. The van der Waals surface area contributed by atoms with Gasteiger partial charge in [0.25, 0.3) is 5.91 Å². The molecule has 0 saturated heterocycles. The molecule has 1 amide bonds. The van der Waals surface area contributed by atoms with Crippen LogP contribution in [0.5, 0.6) is 5.75 Å². The van der Waals surface area contributed by atoms with Crippen LogP contribution in [0.25, 0.3) is 0 Å². The van der Waals surface area contributed by atoms with Crippen LogP contribution < -0.4 is 4.74 Å². The summed E-state index contributed by atoms with van der Waals surface area (Å²) in [6.07, 6.45) is 4.23. The van der Waals surface area contributed by atoms with E-state index in [-0.39, 0.29) is 5.91 Å². The molecule has 2 rings (SSSR count). The van der Waals surface area contributed by atoms with Crippen molar-refractivity contribution in [3.8, 4) is 5.75 Å². The third-order valence-corrected chi connectivity index (χ3v) is 3.45. The number of carbonyl (C=O) groups is 1. The maximum absolute atomic E-state index is 11.8. The minimum absolute atomic E-state index is 0.00316. The largest absolute Gasteiger partial charge is 0.481 e. The number of aryl methyl sites for hydroxylation is 1. The van der Waals surface area contributed by atoms with Gasteiger partial charge in [-0.25, -0.2) is 0 Å². The van der Waals surface area contributed by atoms with Gasteiger partial charge < -0.3 is 9.64 Å². The zero-order chi connectivity index (χ0) is 13.1. The fraction of sp³-hybridized carbons (Fsp3) is 0.533. The average molecular weight is 247 g/mol. The number of likely N-dealkylation sites (N-methyl/N-ethyl adjacent to an activating group) is 1. The molecule has 3 heteroatoms. The minimum atomic E-state index is -0.423. The fourth-order valence-corrected chi connectivity index (χ4v) is 2.46. The number of nitrogens with zero attached hydrogens (tertiary/aromatic N) is 1. The Balaban J connectivity index is 2.17. The Morgan fingerprint density at radius 1 is 1.28 bits per heavy atom. The monoisotopic (exact) mass is 247 g/mol. The molecule has 1 aromatic rings. The zero-order valence-electron chi connectivity index (χ0n) is 11.4. The van der Waals surface area contributed by atoms with Gasteiger partial charge in [-0.15, -0.1) is 0 Å². The van der Waals surface area contributed by atoms with Crippen LogP contribution in [-0.2, 0) is 17.6 Å². The third-order valence-electron chi connectivity index (χ3n) is 3.45. The molecule has 0 unspecified atom stereocenters. The zero-order valence-corrected chi connectivity index (χ0v) is 11.4. The molecule has 0 aliphatic heterocycles. The molecule has 1 aliphatic rings. The van der Waals surface area contributed by atoms with Crippen molar-refractivity contribution in [1.82, 2.24) is 4.90 Å². The molecule has 0 N–H and O–H groups in total. The summed E-state index contributed by atoms with van der Waals surface area (Å²) in [5, 5.41) is 0. The van der Waals surface area contributed by atoms with Gasteiger partial charge in [0.2, 0.25) is 0 Å². The fourth-order valence-electron chi connectivity index (χ4n) is 2.46. The first-order valence-electron chi connectivity index (χ1n) is 6.58. The Hall–Kier alpha value is -1.51. The Morgan fingerprint density at radius 3 is 2.72 bits per heavy atom. The first-order chi connectivity index (χ1) is 8.59. The second kappa shape index (κ2) is 5.42. The van der Waals surface area contributed by atoms with E-state index in [0.29, 0.717) is 0 Å². The van der Waals surface area contributed by atoms with Crippen LogP contribution in [0.4, 0.5) is 0 Å². The number of fused-ring (bicyclic) bond motifs is 1. The van der Waals surface area contributed by atoms with Crippen LogP contribution in [-0.4, -0.2) is 31.0 Å². The van der Waals surface area contributed by atoms with Crippen molar-refractivity contribution in [2.24, 2.45) is 0 Å². The van der Waals surface area contributed by atoms with Gasteiger partial charge in [0.05, 0.1) is 0 Å². The van der Waals surface area contributed by atoms with E-state index in [0.717, 1.165) is 18.6 Å². The smallest absolute Gasteiger partial charge is 0.262 e. The van der Waals surface area contributed by atoms with Crippen molar-refractivity contribution in [3.05, 3.63) is 29.3 Å². The van der Waals surface area contributed by atoms with E-state index in [4.69, 9.17) is 4.74 Å². The summed E-state index contributed by atoms with van der Waals surface area (Å²) >= 11 is 0.